The van der Waals surface area contributed by atoms with Crippen LogP contribution < -0.4 is 5.32 Å². The fraction of sp³-hybridized carbons (Fsp3) is 0.500. The van der Waals surface area contributed by atoms with Gasteiger partial charge in [-0.15, -0.1) is 22.7 Å². The molecular formula is C14H17BrN2S2. The first-order valence-corrected chi connectivity index (χ1v) is 9.24. The van der Waals surface area contributed by atoms with Crippen molar-refractivity contribution in [3.8, 4) is 9.88 Å². The molecule has 0 amide bonds. The molecule has 2 aromatic rings. The third kappa shape index (κ3) is 2.94. The fourth-order valence-corrected chi connectivity index (χ4v) is 5.18. The number of aryl methyl sites for hydroxylation is 1. The average molecular weight is 357 g/mol. The maximum absolute atomic E-state index is 4.86. The third-order valence-electron chi connectivity index (χ3n) is 3.37. The van der Waals surface area contributed by atoms with Crippen molar-refractivity contribution in [2.75, 3.05) is 6.54 Å². The van der Waals surface area contributed by atoms with E-state index in [0.29, 0.717) is 6.04 Å². The standard InChI is InChI=1S/C14H17BrN2S2/c1-2-6-16-10-4-3-5-11-13(10)19-14(17-11)12-7-9(15)8-18-12/h7-8,10,16H,2-6H2,1H3. The second-order valence-electron chi connectivity index (χ2n) is 4.86. The number of aromatic nitrogens is 1. The first kappa shape index (κ1) is 13.7. The fourth-order valence-electron chi connectivity index (χ4n) is 2.46. The summed E-state index contributed by atoms with van der Waals surface area (Å²) in [6.45, 7) is 3.32. The predicted octanol–water partition coefficient (Wildman–Crippen LogP) is 5.01. The van der Waals surface area contributed by atoms with Crippen molar-refractivity contribution < 1.29 is 0 Å². The molecule has 19 heavy (non-hydrogen) atoms. The molecule has 1 unspecified atom stereocenters. The second-order valence-corrected chi connectivity index (χ2v) is 7.72. The van der Waals surface area contributed by atoms with Crippen LogP contribution in [0.25, 0.3) is 9.88 Å². The molecule has 0 spiro atoms. The van der Waals surface area contributed by atoms with Gasteiger partial charge in [-0.3, -0.25) is 0 Å². The van der Waals surface area contributed by atoms with E-state index in [9.17, 15) is 0 Å². The van der Waals surface area contributed by atoms with Crippen LogP contribution in [-0.4, -0.2) is 11.5 Å². The molecular weight excluding hydrogens is 340 g/mol. The van der Waals surface area contributed by atoms with Crippen molar-refractivity contribution >= 4 is 38.6 Å². The number of thiophene rings is 1. The molecule has 0 saturated heterocycles. The number of nitrogens with one attached hydrogen (secondary N) is 1. The number of nitrogens with zero attached hydrogens (tertiary/aromatic N) is 1. The second kappa shape index (κ2) is 6.04. The molecule has 102 valence electrons. The highest BCUT2D eigenvalue weighted by molar-refractivity contribution is 9.10. The summed E-state index contributed by atoms with van der Waals surface area (Å²) in [7, 11) is 0. The van der Waals surface area contributed by atoms with E-state index in [-0.39, 0.29) is 0 Å². The number of hydrogen-bond acceptors (Lipinski definition) is 4. The van der Waals surface area contributed by atoms with Gasteiger partial charge in [0, 0.05) is 20.8 Å². The lowest BCUT2D eigenvalue weighted by Crippen LogP contribution is -2.24. The van der Waals surface area contributed by atoms with E-state index in [0.717, 1.165) is 17.4 Å². The first-order chi connectivity index (χ1) is 9.28. The van der Waals surface area contributed by atoms with Crippen LogP contribution in [0.3, 0.4) is 0 Å². The Kier molecular flexibility index (Phi) is 4.37. The van der Waals surface area contributed by atoms with Crippen LogP contribution >= 0.6 is 38.6 Å². The molecule has 0 aromatic carbocycles. The van der Waals surface area contributed by atoms with Gasteiger partial charge >= 0.3 is 0 Å². The van der Waals surface area contributed by atoms with Crippen LogP contribution in [0.2, 0.25) is 0 Å². The van der Waals surface area contributed by atoms with E-state index in [2.05, 4.69) is 39.6 Å². The van der Waals surface area contributed by atoms with Crippen LogP contribution in [0.4, 0.5) is 0 Å². The lowest BCUT2D eigenvalue weighted by atomic mass is 9.98. The molecule has 1 atom stereocenters. The van der Waals surface area contributed by atoms with Gasteiger partial charge in [0.1, 0.15) is 5.01 Å². The predicted molar refractivity (Wildman–Crippen MR) is 87.1 cm³/mol. The van der Waals surface area contributed by atoms with Crippen molar-refractivity contribution in [3.63, 3.8) is 0 Å². The minimum absolute atomic E-state index is 0.526. The van der Waals surface area contributed by atoms with Crippen molar-refractivity contribution in [1.82, 2.24) is 10.3 Å². The van der Waals surface area contributed by atoms with E-state index in [1.54, 1.807) is 11.3 Å². The quantitative estimate of drug-likeness (QED) is 0.832. The maximum atomic E-state index is 4.86. The maximum Gasteiger partial charge on any atom is 0.133 e. The Morgan fingerprint density at radius 3 is 3.16 bits per heavy atom. The molecule has 0 radical (unpaired) electrons. The molecule has 3 rings (SSSR count). The van der Waals surface area contributed by atoms with Gasteiger partial charge in [0.15, 0.2) is 0 Å². The summed E-state index contributed by atoms with van der Waals surface area (Å²) < 4.78 is 1.15. The summed E-state index contributed by atoms with van der Waals surface area (Å²) in [4.78, 5) is 7.61. The molecule has 2 aromatic heterocycles. The Balaban J connectivity index is 1.88. The number of fused-ring (bicyclic) bond motifs is 1. The number of hydrogen-bond donors (Lipinski definition) is 1. The number of thiazole rings is 1. The topological polar surface area (TPSA) is 24.9 Å². The van der Waals surface area contributed by atoms with Gasteiger partial charge in [-0.25, -0.2) is 4.98 Å². The summed E-state index contributed by atoms with van der Waals surface area (Å²) >= 11 is 7.16. The molecule has 5 heteroatoms. The molecule has 0 bridgehead atoms. The monoisotopic (exact) mass is 356 g/mol. The van der Waals surface area contributed by atoms with Gasteiger partial charge in [-0.05, 0) is 54.2 Å². The molecule has 2 heterocycles. The van der Waals surface area contributed by atoms with E-state index in [1.807, 2.05) is 11.3 Å². The van der Waals surface area contributed by atoms with Gasteiger partial charge < -0.3 is 5.32 Å². The molecule has 1 aliphatic rings. The Hall–Kier alpha value is -0.230. The Morgan fingerprint density at radius 2 is 2.42 bits per heavy atom. The highest BCUT2D eigenvalue weighted by Crippen LogP contribution is 2.40. The van der Waals surface area contributed by atoms with Crippen LogP contribution in [0.15, 0.2) is 15.9 Å². The molecule has 0 aliphatic heterocycles. The van der Waals surface area contributed by atoms with E-state index >= 15 is 0 Å². The molecule has 1 N–H and O–H groups in total. The number of rotatable bonds is 4. The zero-order valence-corrected chi connectivity index (χ0v) is 14.1. The molecule has 0 saturated carbocycles. The van der Waals surface area contributed by atoms with E-state index in [1.165, 1.54) is 39.7 Å². The van der Waals surface area contributed by atoms with Crippen LogP contribution in [0.1, 0.15) is 42.8 Å². The van der Waals surface area contributed by atoms with Crippen LogP contribution in [0.5, 0.6) is 0 Å². The summed E-state index contributed by atoms with van der Waals surface area (Å²) in [5, 5.41) is 6.98. The average Bonchev–Trinajstić information content (AvgIpc) is 3.02. The number of halogens is 1. The van der Waals surface area contributed by atoms with Crippen molar-refractivity contribution in [2.45, 2.75) is 38.6 Å². The van der Waals surface area contributed by atoms with Gasteiger partial charge in [-0.2, -0.15) is 0 Å². The minimum atomic E-state index is 0.526. The van der Waals surface area contributed by atoms with Gasteiger partial charge in [-0.1, -0.05) is 6.92 Å². The molecule has 2 nitrogen and oxygen atoms in total. The highest BCUT2D eigenvalue weighted by atomic mass is 79.9. The van der Waals surface area contributed by atoms with Crippen molar-refractivity contribution in [2.24, 2.45) is 0 Å². The SMILES string of the molecule is CCCNC1CCCc2nc(-c3cc(Br)cs3)sc21. The van der Waals surface area contributed by atoms with Gasteiger partial charge in [0.05, 0.1) is 10.6 Å². The zero-order valence-electron chi connectivity index (χ0n) is 10.9. The highest BCUT2D eigenvalue weighted by Gasteiger charge is 2.24. The molecule has 0 fully saturated rings. The lowest BCUT2D eigenvalue weighted by Gasteiger charge is -2.22. The normalized spacial score (nSPS) is 18.5. The van der Waals surface area contributed by atoms with Gasteiger partial charge in [0.2, 0.25) is 0 Å². The largest absolute Gasteiger partial charge is 0.309 e. The van der Waals surface area contributed by atoms with E-state index < -0.39 is 0 Å². The summed E-state index contributed by atoms with van der Waals surface area (Å²) in [6.07, 6.45) is 4.84. The summed E-state index contributed by atoms with van der Waals surface area (Å²) in [6, 6.07) is 2.70. The summed E-state index contributed by atoms with van der Waals surface area (Å²) in [5.41, 5.74) is 1.32. The zero-order chi connectivity index (χ0) is 13.2. The smallest absolute Gasteiger partial charge is 0.133 e. The Bertz CT molecular complexity index is 562. The minimum Gasteiger partial charge on any atom is -0.309 e. The van der Waals surface area contributed by atoms with Crippen LogP contribution in [0, 0.1) is 0 Å². The first-order valence-electron chi connectivity index (χ1n) is 6.75. The van der Waals surface area contributed by atoms with Crippen molar-refractivity contribution in [3.05, 3.63) is 26.5 Å². The Labute approximate surface area is 130 Å². The lowest BCUT2D eigenvalue weighted by molar-refractivity contribution is 0.465. The Morgan fingerprint density at radius 1 is 1.53 bits per heavy atom. The van der Waals surface area contributed by atoms with Gasteiger partial charge in [0.25, 0.3) is 0 Å². The van der Waals surface area contributed by atoms with Crippen LogP contribution in [-0.2, 0) is 6.42 Å². The molecule has 1 aliphatic carbocycles. The third-order valence-corrected chi connectivity index (χ3v) is 6.44. The van der Waals surface area contributed by atoms with Crippen molar-refractivity contribution in [1.29, 1.82) is 0 Å². The van der Waals surface area contributed by atoms with E-state index in [4.69, 9.17) is 4.98 Å². The summed E-state index contributed by atoms with van der Waals surface area (Å²) in [5.74, 6) is 0.